The Labute approximate surface area is 109 Å². The number of furan rings is 1. The van der Waals surface area contributed by atoms with Gasteiger partial charge in [-0.25, -0.2) is 4.39 Å². The van der Waals surface area contributed by atoms with Crippen molar-refractivity contribution in [3.63, 3.8) is 0 Å². The van der Waals surface area contributed by atoms with Crippen LogP contribution in [0, 0.1) is 5.82 Å². The molecule has 2 rings (SSSR count). The first-order chi connectivity index (χ1) is 8.65. The standard InChI is InChI=1S/C13H13ClFNO2/c14-10-2-1-3-11(15)12(10)9(6-16)13(17)8-4-5-18-7-8/h1-5,7,9,13,17H,6,16H2. The lowest BCUT2D eigenvalue weighted by atomic mass is 9.90. The van der Waals surface area contributed by atoms with Crippen molar-refractivity contribution in [2.45, 2.75) is 12.0 Å². The highest BCUT2D eigenvalue weighted by molar-refractivity contribution is 6.31. The van der Waals surface area contributed by atoms with E-state index in [0.29, 0.717) is 5.56 Å². The molecule has 0 aliphatic heterocycles. The van der Waals surface area contributed by atoms with Crippen molar-refractivity contribution >= 4 is 11.6 Å². The topological polar surface area (TPSA) is 59.4 Å². The van der Waals surface area contributed by atoms with E-state index in [0.717, 1.165) is 0 Å². The second kappa shape index (κ2) is 5.52. The fourth-order valence-electron chi connectivity index (χ4n) is 1.95. The molecular weight excluding hydrogens is 257 g/mol. The highest BCUT2D eigenvalue weighted by Gasteiger charge is 2.26. The molecule has 18 heavy (non-hydrogen) atoms. The van der Waals surface area contributed by atoms with Gasteiger partial charge in [-0.1, -0.05) is 17.7 Å². The smallest absolute Gasteiger partial charge is 0.128 e. The van der Waals surface area contributed by atoms with Gasteiger partial charge < -0.3 is 15.3 Å². The average Bonchev–Trinajstić information content (AvgIpc) is 2.87. The minimum atomic E-state index is -0.955. The third-order valence-electron chi connectivity index (χ3n) is 2.89. The first kappa shape index (κ1) is 13.1. The summed E-state index contributed by atoms with van der Waals surface area (Å²) in [6.07, 6.45) is 1.89. The minimum absolute atomic E-state index is 0.0764. The van der Waals surface area contributed by atoms with E-state index in [1.165, 1.54) is 24.7 Å². The van der Waals surface area contributed by atoms with Crippen LogP contribution in [0.5, 0.6) is 0 Å². The van der Waals surface area contributed by atoms with Gasteiger partial charge in [0.05, 0.1) is 18.6 Å². The van der Waals surface area contributed by atoms with Gasteiger partial charge in [0, 0.05) is 28.6 Å². The molecule has 96 valence electrons. The van der Waals surface area contributed by atoms with Crippen molar-refractivity contribution < 1.29 is 13.9 Å². The number of hydrogen-bond acceptors (Lipinski definition) is 3. The van der Waals surface area contributed by atoms with Gasteiger partial charge in [0.25, 0.3) is 0 Å². The molecule has 0 fully saturated rings. The molecule has 0 saturated carbocycles. The van der Waals surface area contributed by atoms with Gasteiger partial charge in [-0.2, -0.15) is 0 Å². The Balaban J connectivity index is 2.40. The third kappa shape index (κ3) is 2.41. The number of rotatable bonds is 4. The molecule has 2 unspecified atom stereocenters. The van der Waals surface area contributed by atoms with Crippen LogP contribution in [0.1, 0.15) is 23.1 Å². The Hall–Kier alpha value is -1.36. The molecule has 1 aromatic carbocycles. The zero-order chi connectivity index (χ0) is 13.1. The number of halogens is 2. The summed E-state index contributed by atoms with van der Waals surface area (Å²) in [7, 11) is 0. The van der Waals surface area contributed by atoms with Crippen molar-refractivity contribution in [2.75, 3.05) is 6.54 Å². The monoisotopic (exact) mass is 269 g/mol. The van der Waals surface area contributed by atoms with E-state index in [-0.39, 0.29) is 17.1 Å². The minimum Gasteiger partial charge on any atom is -0.472 e. The van der Waals surface area contributed by atoms with Crippen LogP contribution < -0.4 is 5.73 Å². The van der Waals surface area contributed by atoms with E-state index >= 15 is 0 Å². The van der Waals surface area contributed by atoms with E-state index in [1.807, 2.05) is 0 Å². The molecule has 2 aromatic rings. The number of hydrogen-bond donors (Lipinski definition) is 2. The van der Waals surface area contributed by atoms with E-state index in [1.54, 1.807) is 12.1 Å². The second-order valence-corrected chi connectivity index (χ2v) is 4.39. The molecule has 5 heteroatoms. The van der Waals surface area contributed by atoms with Crippen LogP contribution in [0.2, 0.25) is 5.02 Å². The molecule has 3 N–H and O–H groups in total. The highest BCUT2D eigenvalue weighted by atomic mass is 35.5. The Morgan fingerprint density at radius 3 is 2.72 bits per heavy atom. The SMILES string of the molecule is NCC(c1c(F)cccc1Cl)C(O)c1ccoc1. The molecule has 0 bridgehead atoms. The molecule has 0 aliphatic carbocycles. The van der Waals surface area contributed by atoms with Crippen LogP contribution in [0.4, 0.5) is 4.39 Å². The van der Waals surface area contributed by atoms with Crippen molar-refractivity contribution in [1.82, 2.24) is 0 Å². The van der Waals surface area contributed by atoms with Gasteiger partial charge in [0.1, 0.15) is 5.82 Å². The number of aliphatic hydroxyl groups excluding tert-OH is 1. The molecule has 2 atom stereocenters. The van der Waals surface area contributed by atoms with Crippen LogP contribution in [-0.2, 0) is 0 Å². The lowest BCUT2D eigenvalue weighted by Crippen LogP contribution is -2.21. The van der Waals surface area contributed by atoms with Crippen molar-refractivity contribution in [3.8, 4) is 0 Å². The van der Waals surface area contributed by atoms with Crippen LogP contribution in [-0.4, -0.2) is 11.7 Å². The number of aliphatic hydroxyl groups is 1. The summed E-state index contributed by atoms with van der Waals surface area (Å²) < 4.78 is 18.7. The van der Waals surface area contributed by atoms with Gasteiger partial charge >= 0.3 is 0 Å². The summed E-state index contributed by atoms with van der Waals surface area (Å²) in [5.41, 5.74) is 6.41. The van der Waals surface area contributed by atoms with Gasteiger partial charge in [0.15, 0.2) is 0 Å². The van der Waals surface area contributed by atoms with E-state index in [2.05, 4.69) is 0 Å². The third-order valence-corrected chi connectivity index (χ3v) is 3.22. The average molecular weight is 270 g/mol. The molecule has 0 amide bonds. The maximum Gasteiger partial charge on any atom is 0.128 e. The van der Waals surface area contributed by atoms with E-state index in [4.69, 9.17) is 21.8 Å². The van der Waals surface area contributed by atoms with Crippen LogP contribution in [0.3, 0.4) is 0 Å². The quantitative estimate of drug-likeness (QED) is 0.897. The molecule has 1 heterocycles. The predicted octanol–water partition coefficient (Wildman–Crippen LogP) is 2.85. The zero-order valence-electron chi connectivity index (χ0n) is 9.51. The molecule has 3 nitrogen and oxygen atoms in total. The van der Waals surface area contributed by atoms with Gasteiger partial charge in [-0.05, 0) is 18.2 Å². The predicted molar refractivity (Wildman–Crippen MR) is 66.9 cm³/mol. The van der Waals surface area contributed by atoms with Crippen molar-refractivity contribution in [2.24, 2.45) is 5.73 Å². The summed E-state index contributed by atoms with van der Waals surface area (Å²) in [4.78, 5) is 0. The summed E-state index contributed by atoms with van der Waals surface area (Å²) in [5, 5.41) is 10.5. The van der Waals surface area contributed by atoms with Crippen molar-refractivity contribution in [3.05, 3.63) is 58.8 Å². The summed E-state index contributed by atoms with van der Waals surface area (Å²) in [6.45, 7) is 0.0764. The normalized spacial score (nSPS) is 14.4. The molecule has 1 aromatic heterocycles. The molecule has 0 spiro atoms. The summed E-state index contributed by atoms with van der Waals surface area (Å²) in [6, 6.07) is 6.00. The lowest BCUT2D eigenvalue weighted by molar-refractivity contribution is 0.145. The molecule has 0 aliphatic rings. The largest absolute Gasteiger partial charge is 0.472 e. The Kier molecular flexibility index (Phi) is 4.01. The fraction of sp³-hybridized carbons (Fsp3) is 0.231. The summed E-state index contributed by atoms with van der Waals surface area (Å²) in [5.74, 6) is -1.09. The van der Waals surface area contributed by atoms with Crippen molar-refractivity contribution in [1.29, 1.82) is 0 Å². The Bertz CT molecular complexity index is 495. The van der Waals surface area contributed by atoms with Crippen LogP contribution >= 0.6 is 11.6 Å². The second-order valence-electron chi connectivity index (χ2n) is 3.98. The van der Waals surface area contributed by atoms with Gasteiger partial charge in [-0.15, -0.1) is 0 Å². The first-order valence-corrected chi connectivity index (χ1v) is 5.87. The molecular formula is C13H13ClFNO2. The lowest BCUT2D eigenvalue weighted by Gasteiger charge is -2.22. The van der Waals surface area contributed by atoms with Crippen LogP contribution in [0.15, 0.2) is 41.2 Å². The first-order valence-electron chi connectivity index (χ1n) is 5.49. The molecule has 0 radical (unpaired) electrons. The maximum atomic E-state index is 13.8. The number of nitrogens with two attached hydrogens (primary N) is 1. The maximum absolute atomic E-state index is 13.8. The Morgan fingerprint density at radius 1 is 1.39 bits per heavy atom. The van der Waals surface area contributed by atoms with Gasteiger partial charge in [0.2, 0.25) is 0 Å². The zero-order valence-corrected chi connectivity index (χ0v) is 10.3. The highest BCUT2D eigenvalue weighted by Crippen LogP contribution is 2.35. The van der Waals surface area contributed by atoms with Crippen LogP contribution in [0.25, 0.3) is 0 Å². The molecule has 0 saturated heterocycles. The Morgan fingerprint density at radius 2 is 2.17 bits per heavy atom. The van der Waals surface area contributed by atoms with Gasteiger partial charge in [-0.3, -0.25) is 0 Å². The fourth-order valence-corrected chi connectivity index (χ4v) is 2.25. The number of benzene rings is 1. The van der Waals surface area contributed by atoms with E-state index in [9.17, 15) is 9.50 Å². The summed E-state index contributed by atoms with van der Waals surface area (Å²) >= 11 is 5.98. The van der Waals surface area contributed by atoms with E-state index < -0.39 is 17.8 Å².